The van der Waals surface area contributed by atoms with Crippen LogP contribution in [0.1, 0.15) is 36.5 Å². The molecule has 3 amide bonds. The van der Waals surface area contributed by atoms with E-state index in [1.165, 1.54) is 7.11 Å². The lowest BCUT2D eigenvalue weighted by Gasteiger charge is -2.49. The van der Waals surface area contributed by atoms with Crippen molar-refractivity contribution in [3.8, 4) is 0 Å². The Labute approximate surface area is 314 Å². The normalized spacial score (nSPS) is 27.2. The van der Waals surface area contributed by atoms with Gasteiger partial charge in [0, 0.05) is 7.11 Å². The number of likely N-dealkylation sites (N-methyl/N-ethyl adjacent to an activating group) is 1. The number of aliphatic hydroxyl groups is 2. The minimum absolute atomic E-state index is 0.0212. The van der Waals surface area contributed by atoms with Gasteiger partial charge in [0.25, 0.3) is 0 Å². The van der Waals surface area contributed by atoms with Gasteiger partial charge in [0.1, 0.15) is 44.2 Å². The van der Waals surface area contributed by atoms with Crippen molar-refractivity contribution in [3.63, 3.8) is 0 Å². The van der Waals surface area contributed by atoms with Gasteiger partial charge in [-0.25, -0.2) is 14.4 Å². The lowest BCUT2D eigenvalue weighted by atomic mass is 9.81. The number of benzene rings is 3. The van der Waals surface area contributed by atoms with Crippen molar-refractivity contribution in [1.29, 1.82) is 0 Å². The van der Waals surface area contributed by atoms with E-state index in [4.69, 9.17) is 28.4 Å². The number of alkyl carbamates (subject to hydrolysis) is 3. The number of methoxy groups -OCH3 is 1. The number of hydrogen-bond acceptors (Lipinski definition) is 12. The van der Waals surface area contributed by atoms with Gasteiger partial charge in [0.15, 0.2) is 6.29 Å². The van der Waals surface area contributed by atoms with Gasteiger partial charge >= 0.3 is 18.3 Å². The number of hydrogen-bond donors (Lipinski definition) is 6. The molecule has 15 nitrogen and oxygen atoms in total. The molecule has 1 saturated heterocycles. The Morgan fingerprint density at radius 3 is 1.69 bits per heavy atom. The number of aliphatic hydroxyl groups excluding tert-OH is 2. The lowest BCUT2D eigenvalue weighted by Crippen LogP contribution is -2.72. The van der Waals surface area contributed by atoms with Gasteiger partial charge < -0.3 is 59.9 Å². The largest absolute Gasteiger partial charge is 0.445 e. The first kappa shape index (κ1) is 40.4. The van der Waals surface area contributed by atoms with Crippen LogP contribution in [-0.4, -0.2) is 104 Å². The van der Waals surface area contributed by atoms with Crippen molar-refractivity contribution in [1.82, 2.24) is 21.3 Å². The Kier molecular flexibility index (Phi) is 15.0. The molecule has 54 heavy (non-hydrogen) atoms. The zero-order valence-corrected chi connectivity index (χ0v) is 30.5. The van der Waals surface area contributed by atoms with E-state index in [0.29, 0.717) is 12.8 Å². The summed E-state index contributed by atoms with van der Waals surface area (Å²) in [5.74, 6) is 0. The SMILES string of the molecule is CN[C@H]1[C@@H](O)[C@H](O[C@H]2O[C@H]([C@@H](C)NC(=O)OCc3ccccc3)CC[C@H]2NC(=O)OCc2ccccc2)[C@@H](NC(=O)OCc2ccccc2)[C@H](O)[C@@H]1OC. The van der Waals surface area contributed by atoms with Crippen molar-refractivity contribution in [2.45, 2.75) is 101 Å². The van der Waals surface area contributed by atoms with E-state index in [2.05, 4.69) is 21.3 Å². The molecule has 0 unspecified atom stereocenters. The van der Waals surface area contributed by atoms with Gasteiger partial charge in [0.2, 0.25) is 0 Å². The highest BCUT2D eigenvalue weighted by atomic mass is 16.7. The summed E-state index contributed by atoms with van der Waals surface area (Å²) in [6.07, 6.45) is -8.42. The molecule has 0 aromatic heterocycles. The second kappa shape index (κ2) is 20.1. The molecule has 292 valence electrons. The summed E-state index contributed by atoms with van der Waals surface area (Å²) in [7, 11) is 2.97. The Morgan fingerprint density at radius 1 is 0.704 bits per heavy atom. The summed E-state index contributed by atoms with van der Waals surface area (Å²) >= 11 is 0. The van der Waals surface area contributed by atoms with Crippen LogP contribution in [0.15, 0.2) is 91.0 Å². The van der Waals surface area contributed by atoms with Gasteiger partial charge in [0.05, 0.1) is 30.3 Å². The second-order valence-electron chi connectivity index (χ2n) is 13.3. The van der Waals surface area contributed by atoms with E-state index in [0.717, 1.165) is 16.7 Å². The van der Waals surface area contributed by atoms with Gasteiger partial charge in [-0.05, 0) is 43.5 Å². The smallest absolute Gasteiger partial charge is 0.407 e. The molecule has 1 heterocycles. The van der Waals surface area contributed by atoms with Crippen LogP contribution >= 0.6 is 0 Å². The van der Waals surface area contributed by atoms with Crippen molar-refractivity contribution in [3.05, 3.63) is 108 Å². The molecule has 3 aromatic carbocycles. The third-order valence-corrected chi connectivity index (χ3v) is 9.54. The molecule has 0 bridgehead atoms. The molecule has 15 heteroatoms. The van der Waals surface area contributed by atoms with Gasteiger partial charge in [-0.3, -0.25) is 0 Å². The van der Waals surface area contributed by atoms with Crippen LogP contribution < -0.4 is 21.3 Å². The summed E-state index contributed by atoms with van der Waals surface area (Å²) in [5.41, 5.74) is 2.36. The monoisotopic (exact) mass is 750 g/mol. The highest BCUT2D eigenvalue weighted by Gasteiger charge is 2.53. The van der Waals surface area contributed by atoms with Gasteiger partial charge in [-0.1, -0.05) is 91.0 Å². The molecule has 6 N–H and O–H groups in total. The van der Waals surface area contributed by atoms with Crippen molar-refractivity contribution in [2.24, 2.45) is 0 Å². The Hall–Kier alpha value is -4.77. The maximum absolute atomic E-state index is 13.1. The molecule has 2 fully saturated rings. The minimum atomic E-state index is -1.38. The summed E-state index contributed by atoms with van der Waals surface area (Å²) in [4.78, 5) is 38.9. The van der Waals surface area contributed by atoms with Gasteiger partial charge in [-0.2, -0.15) is 0 Å². The van der Waals surface area contributed by atoms with Crippen LogP contribution in [0, 0.1) is 0 Å². The lowest BCUT2D eigenvalue weighted by molar-refractivity contribution is -0.268. The molecule has 3 aromatic rings. The van der Waals surface area contributed by atoms with Crippen LogP contribution in [0.25, 0.3) is 0 Å². The maximum atomic E-state index is 13.1. The zero-order valence-electron chi connectivity index (χ0n) is 30.5. The first-order valence-electron chi connectivity index (χ1n) is 18.0. The Morgan fingerprint density at radius 2 is 1.19 bits per heavy atom. The molecular weight excluding hydrogens is 700 g/mol. The average molecular weight is 751 g/mol. The first-order chi connectivity index (χ1) is 26.2. The van der Waals surface area contributed by atoms with Crippen molar-refractivity contribution >= 4 is 18.3 Å². The average Bonchev–Trinajstić information content (AvgIpc) is 3.19. The summed E-state index contributed by atoms with van der Waals surface area (Å²) in [6, 6.07) is 24.0. The summed E-state index contributed by atoms with van der Waals surface area (Å²) in [6.45, 7) is 1.81. The summed E-state index contributed by atoms with van der Waals surface area (Å²) < 4.78 is 34.7. The molecule has 1 aliphatic carbocycles. The molecular formula is C39H50N4O11. The van der Waals surface area contributed by atoms with Gasteiger partial charge in [-0.15, -0.1) is 0 Å². The number of carbonyl (C=O) groups is 3. The van der Waals surface area contributed by atoms with E-state index >= 15 is 0 Å². The third kappa shape index (κ3) is 11.1. The molecule has 0 spiro atoms. The number of nitrogens with one attached hydrogen (secondary N) is 4. The van der Waals surface area contributed by atoms with Crippen LogP contribution in [0.3, 0.4) is 0 Å². The van der Waals surface area contributed by atoms with Crippen molar-refractivity contribution < 1.29 is 53.0 Å². The topological polar surface area (TPSA) is 195 Å². The molecule has 2 aliphatic rings. The number of amides is 3. The molecule has 10 atom stereocenters. The number of ether oxygens (including phenoxy) is 6. The van der Waals surface area contributed by atoms with E-state index in [9.17, 15) is 24.6 Å². The predicted molar refractivity (Wildman–Crippen MR) is 195 cm³/mol. The second-order valence-corrected chi connectivity index (χ2v) is 13.3. The van der Waals surface area contributed by atoms with Crippen LogP contribution in [0.5, 0.6) is 0 Å². The first-order valence-corrected chi connectivity index (χ1v) is 18.0. The number of carbonyl (C=O) groups excluding carboxylic acids is 3. The molecule has 1 aliphatic heterocycles. The van der Waals surface area contributed by atoms with E-state index in [1.54, 1.807) is 26.1 Å². The number of rotatable bonds is 14. The standard InChI is InChI=1S/C39H50N4O11/c1-24(41-37(46)50-21-25-13-7-4-8-14-25)29-20-19-28(42-38(47)51-22-26-15-9-5-10-16-26)36(53-29)54-35-31(33(45)34(49-3)30(40-2)32(35)44)43-39(48)52-23-27-17-11-6-12-18-27/h4-18,24,28-36,40,44-45H,19-23H2,1-3H3,(H,41,46)(H,42,47)(H,43,48)/t24-,28-,29+,30+,31+,32-,33+,34-,35-,36-/m1/s1. The minimum Gasteiger partial charge on any atom is -0.445 e. The maximum Gasteiger partial charge on any atom is 0.407 e. The van der Waals surface area contributed by atoms with E-state index < -0.39 is 79.3 Å². The Bertz CT molecular complexity index is 1610. The highest BCUT2D eigenvalue weighted by molar-refractivity contribution is 5.68. The Balaban J connectivity index is 1.32. The van der Waals surface area contributed by atoms with Crippen molar-refractivity contribution in [2.75, 3.05) is 14.2 Å². The fourth-order valence-electron chi connectivity index (χ4n) is 6.64. The molecule has 0 radical (unpaired) electrons. The third-order valence-electron chi connectivity index (χ3n) is 9.54. The van der Waals surface area contributed by atoms with E-state index in [1.807, 2.05) is 78.9 Å². The van der Waals surface area contributed by atoms with Crippen LogP contribution in [-0.2, 0) is 48.2 Å². The van der Waals surface area contributed by atoms with E-state index in [-0.39, 0.29) is 19.8 Å². The predicted octanol–water partition coefficient (Wildman–Crippen LogP) is 3.12. The highest BCUT2D eigenvalue weighted by Crippen LogP contribution is 2.31. The summed E-state index contributed by atoms with van der Waals surface area (Å²) in [5, 5.41) is 34.4. The quantitative estimate of drug-likeness (QED) is 0.132. The molecule has 5 rings (SSSR count). The molecule has 1 saturated carbocycles. The fourth-order valence-corrected chi connectivity index (χ4v) is 6.64. The van der Waals surface area contributed by atoms with Crippen LogP contribution in [0.4, 0.5) is 14.4 Å². The van der Waals surface area contributed by atoms with Crippen LogP contribution in [0.2, 0.25) is 0 Å². The fraction of sp³-hybridized carbons (Fsp3) is 0.462. The zero-order chi connectivity index (χ0) is 38.5.